The first kappa shape index (κ1) is 13.3. The molecule has 1 aliphatic heterocycles. The monoisotopic (exact) mass is 242 g/mol. The number of primary amides is 1. The van der Waals surface area contributed by atoms with Gasteiger partial charge in [0.05, 0.1) is 11.8 Å². The predicted molar refractivity (Wildman–Crippen MR) is 61.1 cm³/mol. The second kappa shape index (κ2) is 5.51. The summed E-state index contributed by atoms with van der Waals surface area (Å²) in [5, 5.41) is 11.3. The van der Waals surface area contributed by atoms with E-state index in [0.29, 0.717) is 19.5 Å². The zero-order valence-electron chi connectivity index (χ0n) is 9.80. The maximum atomic E-state index is 12.0. The van der Waals surface area contributed by atoms with Crippen molar-refractivity contribution in [3.63, 3.8) is 0 Å². The number of piperidine rings is 1. The SMILES string of the molecule is CC(C(=O)N1CCCC(C(N)=O)C1)C(N)=NO. The molecule has 7 nitrogen and oxygen atoms in total. The van der Waals surface area contributed by atoms with Crippen LogP contribution in [0.5, 0.6) is 0 Å². The van der Waals surface area contributed by atoms with Gasteiger partial charge in [-0.25, -0.2) is 0 Å². The van der Waals surface area contributed by atoms with E-state index in [-0.39, 0.29) is 23.6 Å². The third-order valence-electron chi connectivity index (χ3n) is 3.06. The second-order valence-electron chi connectivity index (χ2n) is 4.27. The highest BCUT2D eigenvalue weighted by atomic mass is 16.4. The van der Waals surface area contributed by atoms with Crippen LogP contribution in [0.2, 0.25) is 0 Å². The molecule has 7 heteroatoms. The largest absolute Gasteiger partial charge is 0.409 e. The van der Waals surface area contributed by atoms with E-state index in [9.17, 15) is 9.59 Å². The summed E-state index contributed by atoms with van der Waals surface area (Å²) in [6.07, 6.45) is 1.44. The van der Waals surface area contributed by atoms with E-state index in [1.165, 1.54) is 0 Å². The average Bonchev–Trinajstić information content (AvgIpc) is 2.36. The molecule has 1 aliphatic rings. The van der Waals surface area contributed by atoms with Crippen LogP contribution in [0.25, 0.3) is 0 Å². The molecular formula is C10H18N4O3. The van der Waals surface area contributed by atoms with Crippen LogP contribution in [0.1, 0.15) is 19.8 Å². The molecule has 0 aromatic heterocycles. The molecule has 0 aromatic rings. The number of carbonyl (C=O) groups is 2. The lowest BCUT2D eigenvalue weighted by atomic mass is 9.96. The van der Waals surface area contributed by atoms with Crippen LogP contribution in [0.3, 0.4) is 0 Å². The number of amidine groups is 1. The summed E-state index contributed by atoms with van der Waals surface area (Å²) >= 11 is 0. The molecule has 0 aromatic carbocycles. The number of rotatable bonds is 3. The Morgan fingerprint density at radius 3 is 2.65 bits per heavy atom. The van der Waals surface area contributed by atoms with Crippen LogP contribution in [-0.4, -0.2) is 40.8 Å². The molecule has 1 rings (SSSR count). The first-order valence-electron chi connectivity index (χ1n) is 5.53. The van der Waals surface area contributed by atoms with E-state index in [4.69, 9.17) is 16.7 Å². The zero-order valence-corrected chi connectivity index (χ0v) is 9.80. The molecule has 2 atom stereocenters. The molecule has 1 heterocycles. The molecule has 0 spiro atoms. The van der Waals surface area contributed by atoms with Crippen LogP contribution in [-0.2, 0) is 9.59 Å². The lowest BCUT2D eigenvalue weighted by molar-refractivity contribution is -0.136. The minimum absolute atomic E-state index is 0.129. The minimum Gasteiger partial charge on any atom is -0.409 e. The van der Waals surface area contributed by atoms with Gasteiger partial charge in [-0.05, 0) is 19.8 Å². The minimum atomic E-state index is -0.688. The standard InChI is InChI=1S/C10H18N4O3/c1-6(8(11)13-17)10(16)14-4-2-3-7(5-14)9(12)15/h6-7,17H,2-5H2,1H3,(H2,11,13)(H2,12,15). The number of nitrogens with two attached hydrogens (primary N) is 2. The summed E-state index contributed by atoms with van der Waals surface area (Å²) in [6.45, 7) is 2.45. The Balaban J connectivity index is 2.66. The van der Waals surface area contributed by atoms with Gasteiger partial charge in [-0.2, -0.15) is 0 Å². The third kappa shape index (κ3) is 3.08. The molecule has 96 valence electrons. The van der Waals surface area contributed by atoms with Gasteiger partial charge in [0.2, 0.25) is 11.8 Å². The first-order valence-corrected chi connectivity index (χ1v) is 5.53. The molecule has 1 fully saturated rings. The molecule has 17 heavy (non-hydrogen) atoms. The smallest absolute Gasteiger partial charge is 0.233 e. The van der Waals surface area contributed by atoms with Gasteiger partial charge in [0, 0.05) is 13.1 Å². The number of amides is 2. The van der Waals surface area contributed by atoms with Crippen molar-refractivity contribution in [2.45, 2.75) is 19.8 Å². The Hall–Kier alpha value is -1.79. The Labute approximate surface area is 99.4 Å². The summed E-state index contributed by atoms with van der Waals surface area (Å²) in [4.78, 5) is 24.6. The van der Waals surface area contributed by atoms with Crippen molar-refractivity contribution in [1.29, 1.82) is 0 Å². The summed E-state index contributed by atoms with van der Waals surface area (Å²) in [6, 6.07) is 0. The fourth-order valence-electron chi connectivity index (χ4n) is 1.90. The van der Waals surface area contributed by atoms with Crippen molar-refractivity contribution in [2.75, 3.05) is 13.1 Å². The van der Waals surface area contributed by atoms with Gasteiger partial charge in [0.25, 0.3) is 0 Å². The number of hydrogen-bond acceptors (Lipinski definition) is 4. The topological polar surface area (TPSA) is 122 Å². The highest BCUT2D eigenvalue weighted by Crippen LogP contribution is 2.18. The van der Waals surface area contributed by atoms with Crippen LogP contribution in [0.4, 0.5) is 0 Å². The third-order valence-corrected chi connectivity index (χ3v) is 3.06. The molecule has 1 saturated heterocycles. The molecule has 2 amide bonds. The Morgan fingerprint density at radius 2 is 2.12 bits per heavy atom. The fraction of sp³-hybridized carbons (Fsp3) is 0.700. The highest BCUT2D eigenvalue weighted by molar-refractivity contribution is 6.01. The summed E-state index contributed by atoms with van der Waals surface area (Å²) in [7, 11) is 0. The van der Waals surface area contributed by atoms with Crippen molar-refractivity contribution in [1.82, 2.24) is 4.90 Å². The molecule has 5 N–H and O–H groups in total. The lowest BCUT2D eigenvalue weighted by Gasteiger charge is -2.32. The molecule has 0 bridgehead atoms. The van der Waals surface area contributed by atoms with Gasteiger partial charge >= 0.3 is 0 Å². The molecular weight excluding hydrogens is 224 g/mol. The van der Waals surface area contributed by atoms with E-state index >= 15 is 0 Å². The normalized spacial score (nSPS) is 23.2. The van der Waals surface area contributed by atoms with Gasteiger partial charge < -0.3 is 21.6 Å². The number of likely N-dealkylation sites (tertiary alicyclic amines) is 1. The number of oxime groups is 1. The van der Waals surface area contributed by atoms with Crippen LogP contribution in [0, 0.1) is 11.8 Å². The van der Waals surface area contributed by atoms with Gasteiger partial charge in [-0.15, -0.1) is 0 Å². The lowest BCUT2D eigenvalue weighted by Crippen LogP contribution is -2.48. The van der Waals surface area contributed by atoms with Crippen molar-refractivity contribution < 1.29 is 14.8 Å². The average molecular weight is 242 g/mol. The van der Waals surface area contributed by atoms with Gasteiger partial charge in [0.15, 0.2) is 5.84 Å². The molecule has 2 unspecified atom stereocenters. The van der Waals surface area contributed by atoms with Gasteiger partial charge in [-0.3, -0.25) is 9.59 Å². The predicted octanol–water partition coefficient (Wildman–Crippen LogP) is -0.907. The van der Waals surface area contributed by atoms with E-state index in [1.807, 2.05) is 0 Å². The van der Waals surface area contributed by atoms with E-state index in [1.54, 1.807) is 11.8 Å². The summed E-state index contributed by atoms with van der Waals surface area (Å²) in [5.41, 5.74) is 10.6. The zero-order chi connectivity index (χ0) is 13.0. The van der Waals surface area contributed by atoms with Crippen molar-refractivity contribution in [3.05, 3.63) is 0 Å². The van der Waals surface area contributed by atoms with Crippen molar-refractivity contribution in [2.24, 2.45) is 28.5 Å². The number of carbonyl (C=O) groups excluding carboxylic acids is 2. The van der Waals surface area contributed by atoms with Crippen molar-refractivity contribution >= 4 is 17.6 Å². The number of nitrogens with zero attached hydrogens (tertiary/aromatic N) is 2. The van der Waals surface area contributed by atoms with Crippen LogP contribution in [0.15, 0.2) is 5.16 Å². The fourth-order valence-corrected chi connectivity index (χ4v) is 1.90. The maximum absolute atomic E-state index is 12.0. The maximum Gasteiger partial charge on any atom is 0.233 e. The van der Waals surface area contributed by atoms with Crippen LogP contribution < -0.4 is 11.5 Å². The highest BCUT2D eigenvalue weighted by Gasteiger charge is 2.30. The Morgan fingerprint density at radius 1 is 1.47 bits per heavy atom. The molecule has 0 saturated carbocycles. The van der Waals surface area contributed by atoms with E-state index in [2.05, 4.69) is 5.16 Å². The van der Waals surface area contributed by atoms with Crippen molar-refractivity contribution in [3.8, 4) is 0 Å². The van der Waals surface area contributed by atoms with E-state index in [0.717, 1.165) is 6.42 Å². The van der Waals surface area contributed by atoms with Gasteiger partial charge in [0.1, 0.15) is 0 Å². The summed E-state index contributed by atoms with van der Waals surface area (Å²) in [5.74, 6) is -1.75. The molecule has 0 radical (unpaired) electrons. The van der Waals surface area contributed by atoms with Crippen LogP contribution >= 0.6 is 0 Å². The Kier molecular flexibility index (Phi) is 4.30. The first-order chi connectivity index (χ1) is 7.97. The summed E-state index contributed by atoms with van der Waals surface area (Å²) < 4.78 is 0. The van der Waals surface area contributed by atoms with E-state index < -0.39 is 5.92 Å². The quantitative estimate of drug-likeness (QED) is 0.257. The Bertz CT molecular complexity index is 342. The number of hydrogen-bond donors (Lipinski definition) is 3. The second-order valence-corrected chi connectivity index (χ2v) is 4.27. The molecule has 0 aliphatic carbocycles. The van der Waals surface area contributed by atoms with Gasteiger partial charge in [-0.1, -0.05) is 5.16 Å².